The van der Waals surface area contributed by atoms with E-state index < -0.39 is 0 Å². The van der Waals surface area contributed by atoms with Crippen LogP contribution in [0.1, 0.15) is 17.4 Å². The third kappa shape index (κ3) is 4.33. The second kappa shape index (κ2) is 7.42. The molecule has 2 N–H and O–H groups in total. The summed E-state index contributed by atoms with van der Waals surface area (Å²) in [5, 5.41) is 19.5. The molecule has 1 heterocycles. The first-order valence-electron chi connectivity index (χ1n) is 5.30. The van der Waals surface area contributed by atoms with E-state index in [0.717, 1.165) is 18.7 Å². The molecule has 0 bridgehead atoms. The van der Waals surface area contributed by atoms with Crippen LogP contribution >= 0.6 is 11.3 Å². The number of aliphatic hydroxyl groups excluding tert-OH is 2. The number of likely N-dealkylation sites (N-methyl/N-ethyl adjacent to an activating group) is 1. The minimum absolute atomic E-state index is 0.100. The topological polar surface area (TPSA) is 43.7 Å². The fraction of sp³-hybridized carbons (Fsp3) is 0.500. The number of aliphatic hydroxyl groups is 2. The van der Waals surface area contributed by atoms with Crippen LogP contribution in [0.15, 0.2) is 11.4 Å². The molecule has 16 heavy (non-hydrogen) atoms. The van der Waals surface area contributed by atoms with Crippen molar-refractivity contribution in [2.24, 2.45) is 0 Å². The molecule has 0 unspecified atom stereocenters. The van der Waals surface area contributed by atoms with Gasteiger partial charge in [0.15, 0.2) is 0 Å². The smallest absolute Gasteiger partial charge is 0.104 e. The van der Waals surface area contributed by atoms with E-state index in [1.165, 1.54) is 4.88 Å². The SMILES string of the molecule is CCN(CCO)Cc1cc(C#CCO)cs1. The molecule has 0 aliphatic heterocycles. The lowest BCUT2D eigenvalue weighted by Crippen LogP contribution is -2.25. The van der Waals surface area contributed by atoms with Crippen LogP contribution < -0.4 is 0 Å². The Morgan fingerprint density at radius 3 is 2.88 bits per heavy atom. The highest BCUT2D eigenvalue weighted by Crippen LogP contribution is 2.15. The molecule has 0 atom stereocenters. The molecule has 0 aromatic carbocycles. The van der Waals surface area contributed by atoms with Gasteiger partial charge in [0.1, 0.15) is 6.61 Å². The molecule has 0 aliphatic rings. The van der Waals surface area contributed by atoms with E-state index in [2.05, 4.69) is 23.7 Å². The van der Waals surface area contributed by atoms with Crippen molar-refractivity contribution in [3.8, 4) is 11.8 Å². The first kappa shape index (κ1) is 13.2. The van der Waals surface area contributed by atoms with Crippen molar-refractivity contribution in [1.82, 2.24) is 4.90 Å². The van der Waals surface area contributed by atoms with E-state index >= 15 is 0 Å². The normalized spacial score (nSPS) is 10.2. The number of hydrogen-bond acceptors (Lipinski definition) is 4. The molecule has 0 amide bonds. The summed E-state index contributed by atoms with van der Waals surface area (Å²) in [6, 6.07) is 2.04. The van der Waals surface area contributed by atoms with Crippen LogP contribution in [0.3, 0.4) is 0 Å². The van der Waals surface area contributed by atoms with Crippen LogP contribution in [0.4, 0.5) is 0 Å². The lowest BCUT2D eigenvalue weighted by atomic mass is 10.3. The minimum Gasteiger partial charge on any atom is -0.395 e. The Morgan fingerprint density at radius 1 is 1.44 bits per heavy atom. The van der Waals surface area contributed by atoms with Gasteiger partial charge in [0, 0.05) is 28.9 Å². The number of nitrogens with zero attached hydrogens (tertiary/aromatic N) is 1. The third-order valence-electron chi connectivity index (χ3n) is 2.21. The van der Waals surface area contributed by atoms with Crippen molar-refractivity contribution >= 4 is 11.3 Å². The molecular formula is C12H17NO2S. The molecule has 0 saturated heterocycles. The van der Waals surface area contributed by atoms with E-state index in [4.69, 9.17) is 10.2 Å². The van der Waals surface area contributed by atoms with Crippen LogP contribution in [0, 0.1) is 11.8 Å². The Hall–Kier alpha value is -0.860. The van der Waals surface area contributed by atoms with Gasteiger partial charge in [-0.2, -0.15) is 0 Å². The summed E-state index contributed by atoms with van der Waals surface area (Å²) in [6.07, 6.45) is 0. The highest BCUT2D eigenvalue weighted by Gasteiger charge is 2.04. The van der Waals surface area contributed by atoms with Gasteiger partial charge < -0.3 is 10.2 Å². The molecule has 3 nitrogen and oxygen atoms in total. The van der Waals surface area contributed by atoms with Gasteiger partial charge in [-0.25, -0.2) is 0 Å². The van der Waals surface area contributed by atoms with Crippen LogP contribution in [0.2, 0.25) is 0 Å². The maximum atomic E-state index is 8.88. The predicted octanol–water partition coefficient (Wildman–Crippen LogP) is 0.906. The highest BCUT2D eigenvalue weighted by atomic mass is 32.1. The van der Waals surface area contributed by atoms with E-state index in [1.807, 2.05) is 11.4 Å². The Labute approximate surface area is 100 Å². The molecule has 0 saturated carbocycles. The van der Waals surface area contributed by atoms with E-state index in [-0.39, 0.29) is 13.2 Å². The van der Waals surface area contributed by atoms with Crippen molar-refractivity contribution in [2.45, 2.75) is 13.5 Å². The summed E-state index contributed by atoms with van der Waals surface area (Å²) < 4.78 is 0. The molecule has 0 spiro atoms. The third-order valence-corrected chi connectivity index (χ3v) is 3.13. The number of hydrogen-bond donors (Lipinski definition) is 2. The van der Waals surface area contributed by atoms with Crippen molar-refractivity contribution in [3.05, 3.63) is 21.9 Å². The molecule has 1 rings (SSSR count). The predicted molar refractivity (Wildman–Crippen MR) is 66.3 cm³/mol. The molecular weight excluding hydrogens is 222 g/mol. The largest absolute Gasteiger partial charge is 0.395 e. The molecule has 88 valence electrons. The van der Waals surface area contributed by atoms with Crippen LogP contribution in [-0.2, 0) is 6.54 Å². The zero-order chi connectivity index (χ0) is 11.8. The average molecular weight is 239 g/mol. The van der Waals surface area contributed by atoms with Crippen LogP contribution in [0.25, 0.3) is 0 Å². The van der Waals surface area contributed by atoms with Crippen molar-refractivity contribution in [1.29, 1.82) is 0 Å². The van der Waals surface area contributed by atoms with Crippen LogP contribution in [-0.4, -0.2) is 41.4 Å². The van der Waals surface area contributed by atoms with Crippen molar-refractivity contribution in [3.63, 3.8) is 0 Å². The van der Waals surface area contributed by atoms with Gasteiger partial charge >= 0.3 is 0 Å². The second-order valence-electron chi connectivity index (χ2n) is 3.35. The van der Waals surface area contributed by atoms with Gasteiger partial charge in [0.2, 0.25) is 0 Å². The standard InChI is InChI=1S/C12H17NO2S/c1-2-13(5-7-15)9-12-8-11(10-16-12)4-3-6-14/h8,10,14-15H,2,5-7,9H2,1H3. The first-order chi connectivity index (χ1) is 7.80. The minimum atomic E-state index is -0.100. The summed E-state index contributed by atoms with van der Waals surface area (Å²) >= 11 is 1.66. The Morgan fingerprint density at radius 2 is 2.25 bits per heavy atom. The summed E-state index contributed by atoms with van der Waals surface area (Å²) in [5.41, 5.74) is 0.953. The Bertz CT molecular complexity index is 365. The van der Waals surface area contributed by atoms with Gasteiger partial charge in [-0.05, 0) is 12.6 Å². The lowest BCUT2D eigenvalue weighted by molar-refractivity contribution is 0.198. The highest BCUT2D eigenvalue weighted by molar-refractivity contribution is 7.10. The maximum Gasteiger partial charge on any atom is 0.104 e. The number of rotatable bonds is 5. The molecule has 0 radical (unpaired) electrons. The molecule has 0 aliphatic carbocycles. The monoisotopic (exact) mass is 239 g/mol. The Balaban J connectivity index is 2.56. The van der Waals surface area contributed by atoms with Gasteiger partial charge in [0.05, 0.1) is 6.61 Å². The summed E-state index contributed by atoms with van der Waals surface area (Å²) in [7, 11) is 0. The summed E-state index contributed by atoms with van der Waals surface area (Å²) in [5.74, 6) is 5.51. The van der Waals surface area contributed by atoms with Crippen molar-refractivity contribution < 1.29 is 10.2 Å². The number of thiophene rings is 1. The van der Waals surface area contributed by atoms with E-state index in [0.29, 0.717) is 6.54 Å². The molecule has 1 aromatic rings. The molecule has 4 heteroatoms. The first-order valence-corrected chi connectivity index (χ1v) is 6.18. The zero-order valence-electron chi connectivity index (χ0n) is 9.44. The quantitative estimate of drug-likeness (QED) is 0.751. The average Bonchev–Trinajstić information content (AvgIpc) is 2.73. The lowest BCUT2D eigenvalue weighted by Gasteiger charge is -2.17. The molecule has 0 fully saturated rings. The summed E-state index contributed by atoms with van der Waals surface area (Å²) in [4.78, 5) is 3.41. The van der Waals surface area contributed by atoms with Gasteiger partial charge in [-0.1, -0.05) is 18.8 Å². The second-order valence-corrected chi connectivity index (χ2v) is 4.35. The van der Waals surface area contributed by atoms with E-state index in [9.17, 15) is 0 Å². The zero-order valence-corrected chi connectivity index (χ0v) is 10.3. The van der Waals surface area contributed by atoms with Gasteiger partial charge in [-0.15, -0.1) is 11.3 Å². The fourth-order valence-corrected chi connectivity index (χ4v) is 2.24. The maximum absolute atomic E-state index is 8.88. The Kier molecular flexibility index (Phi) is 6.12. The van der Waals surface area contributed by atoms with Gasteiger partial charge in [-0.3, -0.25) is 4.90 Å². The fourth-order valence-electron chi connectivity index (χ4n) is 1.38. The summed E-state index contributed by atoms with van der Waals surface area (Å²) in [6.45, 7) is 4.65. The van der Waals surface area contributed by atoms with E-state index in [1.54, 1.807) is 11.3 Å². The van der Waals surface area contributed by atoms with Gasteiger partial charge in [0.25, 0.3) is 0 Å². The van der Waals surface area contributed by atoms with Crippen molar-refractivity contribution in [2.75, 3.05) is 26.3 Å². The molecule has 1 aromatic heterocycles. The van der Waals surface area contributed by atoms with Crippen LogP contribution in [0.5, 0.6) is 0 Å².